The lowest BCUT2D eigenvalue weighted by Crippen LogP contribution is -2.49. The van der Waals surface area contributed by atoms with Gasteiger partial charge in [-0.3, -0.25) is 4.98 Å². The summed E-state index contributed by atoms with van der Waals surface area (Å²) in [5.74, 6) is 1.32. The van der Waals surface area contributed by atoms with Crippen molar-refractivity contribution in [3.05, 3.63) is 59.8 Å². The number of nitrogens with two attached hydrogens (primary N) is 2. The third-order valence-electron chi connectivity index (χ3n) is 5.08. The topological polar surface area (TPSA) is 147 Å². The first-order valence-electron chi connectivity index (χ1n) is 10.7. The lowest BCUT2D eigenvalue weighted by molar-refractivity contribution is 0.0219. The van der Waals surface area contributed by atoms with E-state index in [1.54, 1.807) is 24.7 Å². The molecular weight excluding hydrogens is 404 g/mol. The van der Waals surface area contributed by atoms with Crippen LogP contribution in [0.2, 0.25) is 0 Å². The van der Waals surface area contributed by atoms with Crippen LogP contribution in [0.1, 0.15) is 19.4 Å². The molecule has 9 nitrogen and oxygen atoms in total. The number of rotatable bonds is 11. The molecule has 0 unspecified atom stereocenters. The van der Waals surface area contributed by atoms with Gasteiger partial charge in [-0.15, -0.1) is 0 Å². The fourth-order valence-corrected chi connectivity index (χ4v) is 3.06. The average molecular weight is 437 g/mol. The number of nitrogens with zero attached hydrogens (tertiary/aromatic N) is 2. The molecule has 3 heterocycles. The first-order chi connectivity index (χ1) is 15.5. The van der Waals surface area contributed by atoms with E-state index in [0.29, 0.717) is 42.0 Å². The van der Waals surface area contributed by atoms with Gasteiger partial charge < -0.3 is 37.6 Å². The van der Waals surface area contributed by atoms with Gasteiger partial charge >= 0.3 is 0 Å². The van der Waals surface area contributed by atoms with E-state index in [9.17, 15) is 0 Å². The molecule has 1 aliphatic rings. The summed E-state index contributed by atoms with van der Waals surface area (Å²) in [5.41, 5.74) is 15.7. The molecule has 0 aliphatic carbocycles. The normalized spacial score (nSPS) is 15.7. The Morgan fingerprint density at radius 1 is 1.34 bits per heavy atom. The molecule has 1 aliphatic heterocycles. The van der Waals surface area contributed by atoms with E-state index >= 15 is 0 Å². The van der Waals surface area contributed by atoms with Gasteiger partial charge in [0.1, 0.15) is 11.6 Å². The van der Waals surface area contributed by atoms with Crippen LogP contribution in [0, 0.1) is 11.3 Å². The van der Waals surface area contributed by atoms with Crippen LogP contribution in [0.3, 0.4) is 0 Å². The molecule has 0 saturated carbocycles. The molecule has 8 N–H and O–H groups in total. The highest BCUT2D eigenvalue weighted by atomic mass is 16.5. The number of ether oxygens (including phenoxy) is 1. The molecule has 0 atom stereocenters. The lowest BCUT2D eigenvalue weighted by atomic mass is 10.0. The zero-order valence-corrected chi connectivity index (χ0v) is 18.6. The van der Waals surface area contributed by atoms with Crippen LogP contribution < -0.4 is 27.4 Å². The molecule has 0 spiro atoms. The van der Waals surface area contributed by atoms with Gasteiger partial charge in [0.2, 0.25) is 0 Å². The molecule has 0 aromatic carbocycles. The molecule has 2 aromatic heterocycles. The number of hydrogen-bond donors (Lipinski definition) is 6. The largest absolute Gasteiger partial charge is 0.404 e. The Morgan fingerprint density at radius 3 is 2.81 bits per heavy atom. The molecule has 0 amide bonds. The summed E-state index contributed by atoms with van der Waals surface area (Å²) in [4.78, 5) is 9.10. The van der Waals surface area contributed by atoms with E-state index in [-0.39, 0.29) is 5.92 Å². The molecular formula is C23H32N8O. The maximum Gasteiger partial charge on any atom is 0.132 e. The highest BCUT2D eigenvalue weighted by Gasteiger charge is 2.16. The fourth-order valence-electron chi connectivity index (χ4n) is 3.06. The van der Waals surface area contributed by atoms with Crippen molar-refractivity contribution in [2.75, 3.05) is 31.6 Å². The summed E-state index contributed by atoms with van der Waals surface area (Å²) in [7, 11) is 0. The second-order valence-corrected chi connectivity index (χ2v) is 7.85. The number of pyridine rings is 2. The molecule has 3 rings (SSSR count). The zero-order chi connectivity index (χ0) is 22.9. The minimum Gasteiger partial charge on any atom is -0.404 e. The van der Waals surface area contributed by atoms with Crippen LogP contribution in [0.4, 0.5) is 5.82 Å². The van der Waals surface area contributed by atoms with Crippen molar-refractivity contribution in [1.82, 2.24) is 20.6 Å². The van der Waals surface area contributed by atoms with Crippen LogP contribution >= 0.6 is 0 Å². The smallest absolute Gasteiger partial charge is 0.132 e. The number of anilines is 1. The van der Waals surface area contributed by atoms with Gasteiger partial charge in [-0.25, -0.2) is 4.98 Å². The second kappa shape index (κ2) is 11.3. The van der Waals surface area contributed by atoms with E-state index in [0.717, 1.165) is 29.7 Å². The SMILES string of the molecule is CC(C)C(=C/N)/C=C(\N)Nc1ccc2ncc(/C(C=N)=C/NCCOC3CNC3)cc2n1. The highest BCUT2D eigenvalue weighted by molar-refractivity contribution is 6.08. The Morgan fingerprint density at radius 2 is 2.16 bits per heavy atom. The Labute approximate surface area is 188 Å². The summed E-state index contributed by atoms with van der Waals surface area (Å²) in [5, 5.41) is 17.2. The summed E-state index contributed by atoms with van der Waals surface area (Å²) in [6.07, 6.45) is 8.50. The Hall–Kier alpha value is -3.43. The monoisotopic (exact) mass is 436 g/mol. The van der Waals surface area contributed by atoms with Crippen LogP contribution in [0.5, 0.6) is 0 Å². The van der Waals surface area contributed by atoms with Crippen molar-refractivity contribution in [1.29, 1.82) is 5.41 Å². The van der Waals surface area contributed by atoms with Crippen molar-refractivity contribution in [2.45, 2.75) is 20.0 Å². The summed E-state index contributed by atoms with van der Waals surface area (Å²) >= 11 is 0. The van der Waals surface area contributed by atoms with Gasteiger partial charge in [0.05, 0.1) is 23.7 Å². The van der Waals surface area contributed by atoms with Crippen LogP contribution in [0.25, 0.3) is 16.6 Å². The molecule has 1 fully saturated rings. The summed E-state index contributed by atoms with van der Waals surface area (Å²) in [6, 6.07) is 5.61. The van der Waals surface area contributed by atoms with E-state index in [1.165, 1.54) is 6.21 Å². The van der Waals surface area contributed by atoms with Gasteiger partial charge in [-0.2, -0.15) is 0 Å². The van der Waals surface area contributed by atoms with Crippen molar-refractivity contribution in [2.24, 2.45) is 17.4 Å². The van der Waals surface area contributed by atoms with Gasteiger partial charge in [-0.05, 0) is 42.0 Å². The van der Waals surface area contributed by atoms with Crippen LogP contribution in [0.15, 0.2) is 54.3 Å². The van der Waals surface area contributed by atoms with Gasteiger partial charge in [0.15, 0.2) is 0 Å². The fraction of sp³-hybridized carbons (Fsp3) is 0.348. The molecule has 1 saturated heterocycles. The van der Waals surface area contributed by atoms with E-state index in [4.69, 9.17) is 21.6 Å². The maximum absolute atomic E-state index is 7.77. The number of fused-ring (bicyclic) bond motifs is 1. The molecule has 32 heavy (non-hydrogen) atoms. The van der Waals surface area contributed by atoms with Crippen molar-refractivity contribution in [3.8, 4) is 0 Å². The molecule has 0 radical (unpaired) electrons. The molecule has 2 aromatic rings. The standard InChI is InChI=1S/C23H32N8O/c1-15(2)16(9-24)8-22(26)31-23-4-3-20-21(30-23)7-17(12-29-20)18(10-25)11-27-5-6-32-19-13-28-14-19/h3-4,7-12,15,19,25,27-28H,5-6,13-14,24,26H2,1-2H3,(H,30,31)/b16-9+,18-11+,22-8+,25-10?. The molecule has 0 bridgehead atoms. The predicted molar refractivity (Wildman–Crippen MR) is 130 cm³/mol. The minimum absolute atomic E-state index is 0.262. The van der Waals surface area contributed by atoms with E-state index < -0.39 is 0 Å². The third-order valence-corrected chi connectivity index (χ3v) is 5.08. The first-order valence-corrected chi connectivity index (χ1v) is 10.7. The van der Waals surface area contributed by atoms with Gasteiger partial charge in [-0.1, -0.05) is 13.8 Å². The number of nitrogens with one attached hydrogen (secondary N) is 4. The van der Waals surface area contributed by atoms with Gasteiger partial charge in [0, 0.05) is 49.4 Å². The average Bonchev–Trinajstić information content (AvgIpc) is 2.75. The van der Waals surface area contributed by atoms with Crippen molar-refractivity contribution in [3.63, 3.8) is 0 Å². The Kier molecular flexibility index (Phi) is 8.18. The number of allylic oxidation sites excluding steroid dienone is 3. The third kappa shape index (κ3) is 6.29. The zero-order valence-electron chi connectivity index (χ0n) is 18.6. The minimum atomic E-state index is 0.262. The predicted octanol–water partition coefficient (Wildman–Crippen LogP) is 1.91. The Balaban J connectivity index is 1.69. The maximum atomic E-state index is 7.77. The second-order valence-electron chi connectivity index (χ2n) is 7.85. The van der Waals surface area contributed by atoms with Crippen molar-refractivity contribution < 1.29 is 4.74 Å². The summed E-state index contributed by atoms with van der Waals surface area (Å²) < 4.78 is 5.68. The van der Waals surface area contributed by atoms with Crippen LogP contribution in [-0.4, -0.2) is 48.5 Å². The van der Waals surface area contributed by atoms with Crippen molar-refractivity contribution >= 4 is 28.6 Å². The number of aromatic nitrogens is 2. The molecule has 170 valence electrons. The van der Waals surface area contributed by atoms with Crippen LogP contribution in [-0.2, 0) is 4.74 Å². The number of hydrogen-bond acceptors (Lipinski definition) is 9. The van der Waals surface area contributed by atoms with Gasteiger partial charge in [0.25, 0.3) is 0 Å². The lowest BCUT2D eigenvalue weighted by Gasteiger charge is -2.27. The van der Waals surface area contributed by atoms with E-state index in [1.807, 2.05) is 32.0 Å². The molecule has 9 heteroatoms. The Bertz CT molecular complexity index is 1020. The summed E-state index contributed by atoms with van der Waals surface area (Å²) in [6.45, 7) is 7.21. The van der Waals surface area contributed by atoms with E-state index in [2.05, 4.69) is 25.9 Å². The highest BCUT2D eigenvalue weighted by Crippen LogP contribution is 2.19. The first kappa shape index (κ1) is 23.2. The quantitative estimate of drug-likeness (QED) is 0.178.